The first-order valence-electron chi connectivity index (χ1n) is 6.92. The number of nitrogens with two attached hydrogens (primary N) is 2. The minimum absolute atomic E-state index is 0.0425. The van der Waals surface area contributed by atoms with Gasteiger partial charge in [0, 0.05) is 6.20 Å². The first-order chi connectivity index (χ1) is 10.6. The number of imidazole rings is 1. The van der Waals surface area contributed by atoms with Gasteiger partial charge < -0.3 is 21.1 Å². The number of aryl methyl sites for hydroxylation is 1. The Morgan fingerprint density at radius 2 is 2.05 bits per heavy atom. The molecule has 2 aromatic rings. The molecular weight excluding hydrogens is 282 g/mol. The maximum atomic E-state index is 11.7. The Bertz CT molecular complexity index is 647. The molecule has 1 aromatic carbocycles. The molecule has 0 aliphatic carbocycles. The Hall–Kier alpha value is -2.67. The molecule has 1 amide bonds. The lowest BCUT2D eigenvalue weighted by Crippen LogP contribution is -2.24. The molecule has 1 atom stereocenters. The number of carbonyl (C=O) groups is 1. The number of carbonyl (C=O) groups excluding carboxylic acids is 1. The van der Waals surface area contributed by atoms with E-state index in [-0.39, 0.29) is 24.3 Å². The zero-order valence-corrected chi connectivity index (χ0v) is 12.1. The SMILES string of the molecule is NC(N)=NC(=O)c1cn(C(CO)CCc2ccccc2)cn1. The molecule has 1 heterocycles. The largest absolute Gasteiger partial charge is 0.394 e. The van der Waals surface area contributed by atoms with Crippen molar-refractivity contribution in [2.45, 2.75) is 18.9 Å². The molecule has 0 fully saturated rings. The maximum absolute atomic E-state index is 11.7. The molecule has 0 aliphatic rings. The monoisotopic (exact) mass is 301 g/mol. The number of amides is 1. The standard InChI is InChI=1S/C15H19N5O2/c16-15(17)19-14(22)13-8-20(10-18-13)12(9-21)7-6-11-4-2-1-3-5-11/h1-5,8,10,12,21H,6-7,9H2,(H4,16,17,19,22). The number of nitrogens with zero attached hydrogens (tertiary/aromatic N) is 3. The Balaban J connectivity index is 2.04. The predicted molar refractivity (Wildman–Crippen MR) is 83.3 cm³/mol. The highest BCUT2D eigenvalue weighted by Crippen LogP contribution is 2.16. The van der Waals surface area contributed by atoms with Crippen LogP contribution in [0.3, 0.4) is 0 Å². The van der Waals surface area contributed by atoms with E-state index in [0.717, 1.165) is 12.8 Å². The number of guanidine groups is 1. The van der Waals surface area contributed by atoms with Crippen LogP contribution in [-0.2, 0) is 6.42 Å². The molecule has 5 N–H and O–H groups in total. The summed E-state index contributed by atoms with van der Waals surface area (Å²) in [5.74, 6) is -0.902. The predicted octanol–water partition coefficient (Wildman–Crippen LogP) is 0.463. The van der Waals surface area contributed by atoms with Gasteiger partial charge in [-0.25, -0.2) is 4.98 Å². The third-order valence-electron chi connectivity index (χ3n) is 3.29. The van der Waals surface area contributed by atoms with Crippen molar-refractivity contribution in [1.29, 1.82) is 0 Å². The second-order valence-electron chi connectivity index (χ2n) is 4.91. The number of benzene rings is 1. The highest BCUT2D eigenvalue weighted by atomic mass is 16.3. The van der Waals surface area contributed by atoms with E-state index in [9.17, 15) is 9.90 Å². The van der Waals surface area contributed by atoms with Crippen molar-refractivity contribution in [2.75, 3.05) is 6.61 Å². The van der Waals surface area contributed by atoms with Crippen LogP contribution in [0.2, 0.25) is 0 Å². The molecule has 0 saturated heterocycles. The Morgan fingerprint density at radius 3 is 2.68 bits per heavy atom. The molecule has 0 aliphatic heterocycles. The summed E-state index contributed by atoms with van der Waals surface area (Å²) in [7, 11) is 0. The molecule has 2 rings (SSSR count). The fourth-order valence-electron chi connectivity index (χ4n) is 2.13. The summed E-state index contributed by atoms with van der Waals surface area (Å²) in [6, 6.07) is 9.84. The number of aromatic nitrogens is 2. The number of hydrogen-bond acceptors (Lipinski definition) is 3. The van der Waals surface area contributed by atoms with E-state index in [1.165, 1.54) is 11.9 Å². The van der Waals surface area contributed by atoms with Crippen LogP contribution in [0.4, 0.5) is 0 Å². The van der Waals surface area contributed by atoms with E-state index in [2.05, 4.69) is 9.98 Å². The molecule has 0 spiro atoms. The van der Waals surface area contributed by atoms with Gasteiger partial charge in [-0.3, -0.25) is 4.79 Å². The van der Waals surface area contributed by atoms with E-state index in [1.54, 1.807) is 10.8 Å². The van der Waals surface area contributed by atoms with Gasteiger partial charge in [0.05, 0.1) is 19.0 Å². The molecule has 22 heavy (non-hydrogen) atoms. The molecule has 1 aromatic heterocycles. The first kappa shape index (κ1) is 15.7. The van der Waals surface area contributed by atoms with Crippen LogP contribution in [0, 0.1) is 0 Å². The molecule has 1 unspecified atom stereocenters. The van der Waals surface area contributed by atoms with Crippen LogP contribution >= 0.6 is 0 Å². The minimum atomic E-state index is -0.599. The molecule has 7 heteroatoms. The van der Waals surface area contributed by atoms with Crippen LogP contribution in [0.25, 0.3) is 0 Å². The molecule has 7 nitrogen and oxygen atoms in total. The molecule has 116 valence electrons. The average molecular weight is 301 g/mol. The van der Waals surface area contributed by atoms with Gasteiger partial charge in [-0.05, 0) is 18.4 Å². The van der Waals surface area contributed by atoms with Gasteiger partial charge in [-0.15, -0.1) is 0 Å². The lowest BCUT2D eigenvalue weighted by atomic mass is 10.1. The number of hydrogen-bond donors (Lipinski definition) is 3. The Kier molecular flexibility index (Phi) is 5.26. The van der Waals surface area contributed by atoms with Crippen molar-refractivity contribution in [3.8, 4) is 0 Å². The summed E-state index contributed by atoms with van der Waals surface area (Å²) in [5.41, 5.74) is 11.7. The average Bonchev–Trinajstić information content (AvgIpc) is 2.98. The quantitative estimate of drug-likeness (QED) is 0.529. The van der Waals surface area contributed by atoms with E-state index in [1.807, 2.05) is 30.3 Å². The summed E-state index contributed by atoms with van der Waals surface area (Å²) in [6.45, 7) is -0.0425. The van der Waals surface area contributed by atoms with E-state index < -0.39 is 5.91 Å². The number of rotatable bonds is 6. The zero-order chi connectivity index (χ0) is 15.9. The van der Waals surface area contributed by atoms with Gasteiger partial charge in [0.15, 0.2) is 5.96 Å². The van der Waals surface area contributed by atoms with Gasteiger partial charge in [0.2, 0.25) is 0 Å². The van der Waals surface area contributed by atoms with Crippen molar-refractivity contribution in [2.24, 2.45) is 16.5 Å². The topological polar surface area (TPSA) is 120 Å². The fourth-order valence-corrected chi connectivity index (χ4v) is 2.13. The lowest BCUT2D eigenvalue weighted by Gasteiger charge is -2.15. The van der Waals surface area contributed by atoms with Crippen molar-refractivity contribution < 1.29 is 9.90 Å². The first-order valence-corrected chi connectivity index (χ1v) is 6.92. The van der Waals surface area contributed by atoms with Gasteiger partial charge in [0.25, 0.3) is 5.91 Å². The summed E-state index contributed by atoms with van der Waals surface area (Å²) >= 11 is 0. The molecule has 0 bridgehead atoms. The van der Waals surface area contributed by atoms with E-state index in [0.29, 0.717) is 0 Å². The number of aliphatic imine (C=N–C) groups is 1. The van der Waals surface area contributed by atoms with E-state index >= 15 is 0 Å². The maximum Gasteiger partial charge on any atom is 0.300 e. The summed E-state index contributed by atoms with van der Waals surface area (Å²) < 4.78 is 1.71. The second-order valence-corrected chi connectivity index (χ2v) is 4.91. The van der Waals surface area contributed by atoms with Crippen molar-refractivity contribution in [1.82, 2.24) is 9.55 Å². The molecule has 0 saturated carbocycles. The molecule has 0 radical (unpaired) electrons. The number of aliphatic hydroxyl groups is 1. The minimum Gasteiger partial charge on any atom is -0.394 e. The van der Waals surface area contributed by atoms with E-state index in [4.69, 9.17) is 11.5 Å². The van der Waals surface area contributed by atoms with Crippen LogP contribution in [0.1, 0.15) is 28.5 Å². The van der Waals surface area contributed by atoms with Crippen LogP contribution < -0.4 is 11.5 Å². The van der Waals surface area contributed by atoms with Gasteiger partial charge in [0.1, 0.15) is 5.69 Å². The van der Waals surface area contributed by atoms with Crippen molar-refractivity contribution in [3.05, 3.63) is 54.1 Å². The highest BCUT2D eigenvalue weighted by Gasteiger charge is 2.14. The van der Waals surface area contributed by atoms with Gasteiger partial charge >= 0.3 is 0 Å². The fraction of sp³-hybridized carbons (Fsp3) is 0.267. The van der Waals surface area contributed by atoms with Crippen LogP contribution in [-0.4, -0.2) is 33.1 Å². The zero-order valence-electron chi connectivity index (χ0n) is 12.1. The smallest absolute Gasteiger partial charge is 0.300 e. The van der Waals surface area contributed by atoms with Crippen LogP contribution in [0.5, 0.6) is 0 Å². The third kappa shape index (κ3) is 4.16. The third-order valence-corrected chi connectivity index (χ3v) is 3.29. The Labute approximate surface area is 128 Å². The van der Waals surface area contributed by atoms with Crippen molar-refractivity contribution >= 4 is 11.9 Å². The second kappa shape index (κ2) is 7.37. The molecular formula is C15H19N5O2. The summed E-state index contributed by atoms with van der Waals surface area (Å²) in [6.07, 6.45) is 4.59. The Morgan fingerprint density at radius 1 is 1.32 bits per heavy atom. The van der Waals surface area contributed by atoms with Gasteiger partial charge in [-0.2, -0.15) is 4.99 Å². The summed E-state index contributed by atoms with van der Waals surface area (Å²) in [5, 5.41) is 9.55. The van der Waals surface area contributed by atoms with Crippen LogP contribution in [0.15, 0.2) is 47.8 Å². The van der Waals surface area contributed by atoms with Crippen molar-refractivity contribution in [3.63, 3.8) is 0 Å². The lowest BCUT2D eigenvalue weighted by molar-refractivity contribution is 0.0998. The highest BCUT2D eigenvalue weighted by molar-refractivity contribution is 6.00. The number of aliphatic hydroxyl groups excluding tert-OH is 1. The normalized spacial score (nSPS) is 11.9. The summed E-state index contributed by atoms with van der Waals surface area (Å²) in [4.78, 5) is 19.1. The van der Waals surface area contributed by atoms with Gasteiger partial charge in [-0.1, -0.05) is 30.3 Å².